The molecule has 23 heavy (non-hydrogen) atoms. The predicted octanol–water partition coefficient (Wildman–Crippen LogP) is 4.21. The highest BCUT2D eigenvalue weighted by Crippen LogP contribution is 2.23. The van der Waals surface area contributed by atoms with E-state index in [1.54, 1.807) is 35.6 Å². The number of thiophene rings is 1. The van der Waals surface area contributed by atoms with Gasteiger partial charge < -0.3 is 0 Å². The van der Waals surface area contributed by atoms with Gasteiger partial charge in [-0.25, -0.2) is 5.43 Å². The molecule has 0 spiro atoms. The van der Waals surface area contributed by atoms with Crippen LogP contribution in [0.2, 0.25) is 10.0 Å². The van der Waals surface area contributed by atoms with Gasteiger partial charge in [-0.15, -0.1) is 11.3 Å². The van der Waals surface area contributed by atoms with E-state index in [1.165, 1.54) is 6.21 Å². The van der Waals surface area contributed by atoms with E-state index in [0.717, 1.165) is 10.6 Å². The van der Waals surface area contributed by atoms with Crippen molar-refractivity contribution in [1.29, 1.82) is 0 Å². The van der Waals surface area contributed by atoms with E-state index < -0.39 is 5.91 Å². The number of amides is 1. The second kappa shape index (κ2) is 6.95. The Labute approximate surface area is 145 Å². The molecule has 3 aromatic rings. The molecule has 1 aromatic carbocycles. The molecule has 0 saturated carbocycles. The lowest BCUT2D eigenvalue weighted by Crippen LogP contribution is -2.18. The highest BCUT2D eigenvalue weighted by molar-refractivity contribution is 7.13. The first-order valence-electron chi connectivity index (χ1n) is 6.52. The van der Waals surface area contributed by atoms with Crippen LogP contribution in [0.15, 0.2) is 46.9 Å². The van der Waals surface area contributed by atoms with Crippen molar-refractivity contribution >= 4 is 46.7 Å². The third kappa shape index (κ3) is 3.61. The smallest absolute Gasteiger partial charge is 0.276 e. The Bertz CT molecular complexity index is 838. The molecule has 2 aromatic heterocycles. The van der Waals surface area contributed by atoms with Gasteiger partial charge in [-0.3, -0.25) is 9.89 Å². The van der Waals surface area contributed by atoms with Gasteiger partial charge in [0.2, 0.25) is 0 Å². The molecule has 0 fully saturated rings. The van der Waals surface area contributed by atoms with Crippen LogP contribution in [0.1, 0.15) is 16.1 Å². The number of hydrazone groups is 1. The first-order valence-corrected chi connectivity index (χ1v) is 8.15. The number of halogens is 2. The summed E-state index contributed by atoms with van der Waals surface area (Å²) in [6, 6.07) is 10.7. The van der Waals surface area contributed by atoms with E-state index in [0.29, 0.717) is 15.6 Å². The second-order valence-corrected chi connectivity index (χ2v) is 6.24. The maximum absolute atomic E-state index is 12.0. The Morgan fingerprint density at radius 1 is 1.26 bits per heavy atom. The van der Waals surface area contributed by atoms with E-state index in [4.69, 9.17) is 23.2 Å². The molecule has 0 atom stereocenters. The van der Waals surface area contributed by atoms with Crippen LogP contribution in [0.25, 0.3) is 10.6 Å². The summed E-state index contributed by atoms with van der Waals surface area (Å²) >= 11 is 13.6. The van der Waals surface area contributed by atoms with Crippen LogP contribution >= 0.6 is 34.5 Å². The molecule has 116 valence electrons. The molecule has 0 aliphatic heterocycles. The molecule has 0 aliphatic rings. The molecule has 2 N–H and O–H groups in total. The van der Waals surface area contributed by atoms with Crippen molar-refractivity contribution in [2.45, 2.75) is 0 Å². The van der Waals surface area contributed by atoms with Crippen LogP contribution in [-0.4, -0.2) is 22.3 Å². The zero-order valence-corrected chi connectivity index (χ0v) is 13.9. The number of hydrogen-bond acceptors (Lipinski definition) is 4. The number of hydrogen-bond donors (Lipinski definition) is 2. The zero-order valence-electron chi connectivity index (χ0n) is 11.6. The molecule has 0 bridgehead atoms. The molecule has 0 saturated heterocycles. The van der Waals surface area contributed by atoms with Crippen molar-refractivity contribution in [3.8, 4) is 10.6 Å². The summed E-state index contributed by atoms with van der Waals surface area (Å²) in [5.41, 5.74) is 3.96. The van der Waals surface area contributed by atoms with Crippen LogP contribution in [0.5, 0.6) is 0 Å². The van der Waals surface area contributed by atoms with E-state index in [2.05, 4.69) is 20.7 Å². The summed E-state index contributed by atoms with van der Waals surface area (Å²) in [5, 5.41) is 13.5. The van der Waals surface area contributed by atoms with Gasteiger partial charge in [-0.1, -0.05) is 35.3 Å². The molecule has 3 rings (SSSR count). The lowest BCUT2D eigenvalue weighted by atomic mass is 10.2. The normalized spacial score (nSPS) is 11.0. The minimum absolute atomic E-state index is 0.246. The van der Waals surface area contributed by atoms with E-state index >= 15 is 0 Å². The minimum Gasteiger partial charge on any atom is -0.276 e. The Morgan fingerprint density at radius 2 is 2.04 bits per heavy atom. The standard InChI is InChI=1S/C15H10Cl2N4OS/c16-10-3-1-4-11(17)9(10)8-18-21-15(22)13-7-12(19-20-13)14-5-2-6-23-14/h1-8H,(H,19,20)(H,21,22)/b18-8+. The number of benzene rings is 1. The first kappa shape index (κ1) is 15.7. The van der Waals surface area contributed by atoms with Crippen molar-refractivity contribution in [1.82, 2.24) is 15.6 Å². The predicted molar refractivity (Wildman–Crippen MR) is 93.4 cm³/mol. The summed E-state index contributed by atoms with van der Waals surface area (Å²) in [5.74, 6) is -0.427. The van der Waals surface area contributed by atoms with E-state index in [1.807, 2.05) is 17.5 Å². The number of nitrogens with zero attached hydrogens (tertiary/aromatic N) is 2. The van der Waals surface area contributed by atoms with Gasteiger partial charge in [0.05, 0.1) is 26.8 Å². The number of aromatic nitrogens is 2. The second-order valence-electron chi connectivity index (χ2n) is 4.48. The largest absolute Gasteiger partial charge is 0.291 e. The van der Waals surface area contributed by atoms with Crippen molar-refractivity contribution < 1.29 is 4.79 Å². The van der Waals surface area contributed by atoms with Gasteiger partial charge in [0, 0.05) is 5.56 Å². The Balaban J connectivity index is 1.69. The number of aromatic amines is 1. The van der Waals surface area contributed by atoms with Gasteiger partial charge in [0.1, 0.15) is 0 Å². The van der Waals surface area contributed by atoms with Crippen LogP contribution < -0.4 is 5.43 Å². The molecule has 2 heterocycles. The minimum atomic E-state index is -0.427. The average Bonchev–Trinajstić information content (AvgIpc) is 3.20. The first-order chi connectivity index (χ1) is 11.1. The van der Waals surface area contributed by atoms with E-state index in [9.17, 15) is 4.79 Å². The molecule has 8 heteroatoms. The highest BCUT2D eigenvalue weighted by Gasteiger charge is 2.11. The Morgan fingerprint density at radius 3 is 2.74 bits per heavy atom. The highest BCUT2D eigenvalue weighted by atomic mass is 35.5. The number of nitrogens with one attached hydrogen (secondary N) is 2. The number of carbonyl (C=O) groups excluding carboxylic acids is 1. The zero-order chi connectivity index (χ0) is 16.2. The van der Waals surface area contributed by atoms with Crippen molar-refractivity contribution in [2.75, 3.05) is 0 Å². The molecule has 5 nitrogen and oxygen atoms in total. The maximum Gasteiger partial charge on any atom is 0.291 e. The summed E-state index contributed by atoms with van der Waals surface area (Å²) in [6.45, 7) is 0. The van der Waals surface area contributed by atoms with Gasteiger partial charge in [0.15, 0.2) is 5.69 Å². The monoisotopic (exact) mass is 364 g/mol. The molecule has 0 unspecified atom stereocenters. The van der Waals surface area contributed by atoms with Gasteiger partial charge in [0.25, 0.3) is 5.91 Å². The third-order valence-corrected chi connectivity index (χ3v) is 4.52. The van der Waals surface area contributed by atoms with Crippen LogP contribution in [-0.2, 0) is 0 Å². The topological polar surface area (TPSA) is 70.1 Å². The fourth-order valence-corrected chi connectivity index (χ4v) is 3.03. The summed E-state index contributed by atoms with van der Waals surface area (Å²) in [7, 11) is 0. The number of carbonyl (C=O) groups is 1. The fourth-order valence-electron chi connectivity index (χ4n) is 1.84. The quantitative estimate of drug-likeness (QED) is 0.537. The average molecular weight is 365 g/mol. The number of rotatable bonds is 4. The lowest BCUT2D eigenvalue weighted by Gasteiger charge is -2.00. The summed E-state index contributed by atoms with van der Waals surface area (Å²) in [6.07, 6.45) is 1.40. The van der Waals surface area contributed by atoms with Crippen molar-refractivity contribution in [3.05, 3.63) is 63.1 Å². The van der Waals surface area contributed by atoms with Crippen LogP contribution in [0, 0.1) is 0 Å². The molecule has 1 amide bonds. The van der Waals surface area contributed by atoms with Crippen LogP contribution in [0.4, 0.5) is 0 Å². The van der Waals surface area contributed by atoms with Gasteiger partial charge >= 0.3 is 0 Å². The molecular weight excluding hydrogens is 355 g/mol. The van der Waals surface area contributed by atoms with Gasteiger partial charge in [-0.05, 0) is 29.6 Å². The summed E-state index contributed by atoms with van der Waals surface area (Å²) < 4.78 is 0. The van der Waals surface area contributed by atoms with E-state index in [-0.39, 0.29) is 5.69 Å². The maximum atomic E-state index is 12.0. The summed E-state index contributed by atoms with van der Waals surface area (Å²) in [4.78, 5) is 13.0. The van der Waals surface area contributed by atoms with Crippen molar-refractivity contribution in [3.63, 3.8) is 0 Å². The Hall–Kier alpha value is -2.15. The fraction of sp³-hybridized carbons (Fsp3) is 0. The SMILES string of the molecule is O=C(N/N=C/c1c(Cl)cccc1Cl)c1cc(-c2cccs2)[nH]n1. The van der Waals surface area contributed by atoms with Crippen LogP contribution in [0.3, 0.4) is 0 Å². The van der Waals surface area contributed by atoms with Crippen molar-refractivity contribution in [2.24, 2.45) is 5.10 Å². The number of H-pyrrole nitrogens is 1. The molecular formula is C15H10Cl2N4OS. The Kier molecular flexibility index (Phi) is 4.76. The molecule has 0 aliphatic carbocycles. The third-order valence-electron chi connectivity index (χ3n) is 2.96. The molecule has 0 radical (unpaired) electrons. The van der Waals surface area contributed by atoms with Gasteiger partial charge in [-0.2, -0.15) is 10.2 Å². The lowest BCUT2D eigenvalue weighted by molar-refractivity contribution is 0.0950.